The minimum Gasteiger partial charge on any atom is -0.0843 e. The zero-order chi connectivity index (χ0) is 10.8. The van der Waals surface area contributed by atoms with E-state index in [1.807, 2.05) is 12.1 Å². The standard InChI is InChI=1S/C14H15Cl/c1-10(2)7-11-3-4-12-5-6-14(15)9-13(12)8-11/h3-6,8-10H,7H2,1-2H3. The second-order valence-electron chi connectivity index (χ2n) is 4.42. The fraction of sp³-hybridized carbons (Fsp3) is 0.286. The van der Waals surface area contributed by atoms with Crippen molar-refractivity contribution in [1.82, 2.24) is 0 Å². The van der Waals surface area contributed by atoms with Crippen LogP contribution in [0.2, 0.25) is 5.02 Å². The van der Waals surface area contributed by atoms with Crippen LogP contribution in [0.4, 0.5) is 0 Å². The Morgan fingerprint density at radius 2 is 1.73 bits per heavy atom. The lowest BCUT2D eigenvalue weighted by atomic mass is 10.00. The van der Waals surface area contributed by atoms with E-state index in [1.165, 1.54) is 16.3 Å². The van der Waals surface area contributed by atoms with E-state index < -0.39 is 0 Å². The van der Waals surface area contributed by atoms with Gasteiger partial charge in [-0.15, -0.1) is 0 Å². The van der Waals surface area contributed by atoms with Crippen molar-refractivity contribution < 1.29 is 0 Å². The smallest absolute Gasteiger partial charge is 0.0412 e. The van der Waals surface area contributed by atoms with E-state index in [1.54, 1.807) is 0 Å². The average molecular weight is 219 g/mol. The lowest BCUT2D eigenvalue weighted by Crippen LogP contribution is -1.93. The van der Waals surface area contributed by atoms with E-state index in [-0.39, 0.29) is 0 Å². The topological polar surface area (TPSA) is 0 Å². The van der Waals surface area contributed by atoms with Crippen molar-refractivity contribution in [1.29, 1.82) is 0 Å². The normalized spacial score (nSPS) is 11.2. The van der Waals surface area contributed by atoms with Gasteiger partial charge in [-0.3, -0.25) is 0 Å². The molecule has 2 aromatic rings. The molecule has 0 amide bonds. The molecule has 0 nitrogen and oxygen atoms in total. The molecule has 0 bridgehead atoms. The van der Waals surface area contributed by atoms with Crippen LogP contribution in [-0.4, -0.2) is 0 Å². The van der Waals surface area contributed by atoms with Gasteiger partial charge in [0.1, 0.15) is 0 Å². The highest BCUT2D eigenvalue weighted by molar-refractivity contribution is 6.31. The van der Waals surface area contributed by atoms with Gasteiger partial charge >= 0.3 is 0 Å². The van der Waals surface area contributed by atoms with Crippen LogP contribution in [0.3, 0.4) is 0 Å². The Kier molecular flexibility index (Phi) is 2.97. The quantitative estimate of drug-likeness (QED) is 0.686. The van der Waals surface area contributed by atoms with Crippen molar-refractivity contribution in [2.45, 2.75) is 20.3 Å². The molecule has 0 N–H and O–H groups in total. The van der Waals surface area contributed by atoms with Gasteiger partial charge in [0.15, 0.2) is 0 Å². The summed E-state index contributed by atoms with van der Waals surface area (Å²) in [5, 5.41) is 3.30. The van der Waals surface area contributed by atoms with E-state index in [0.29, 0.717) is 5.92 Å². The van der Waals surface area contributed by atoms with Gasteiger partial charge in [0.05, 0.1) is 0 Å². The molecular formula is C14H15Cl. The summed E-state index contributed by atoms with van der Waals surface area (Å²) < 4.78 is 0. The highest BCUT2D eigenvalue weighted by Crippen LogP contribution is 2.21. The third-order valence-electron chi connectivity index (χ3n) is 2.51. The second-order valence-corrected chi connectivity index (χ2v) is 4.86. The largest absolute Gasteiger partial charge is 0.0843 e. The van der Waals surface area contributed by atoms with E-state index >= 15 is 0 Å². The second kappa shape index (κ2) is 4.24. The van der Waals surface area contributed by atoms with Gasteiger partial charge < -0.3 is 0 Å². The maximum Gasteiger partial charge on any atom is 0.0412 e. The first-order valence-electron chi connectivity index (χ1n) is 5.33. The van der Waals surface area contributed by atoms with Crippen LogP contribution < -0.4 is 0 Å². The van der Waals surface area contributed by atoms with Crippen molar-refractivity contribution >= 4 is 22.4 Å². The van der Waals surface area contributed by atoms with Gasteiger partial charge in [-0.25, -0.2) is 0 Å². The minimum absolute atomic E-state index is 0.696. The number of benzene rings is 2. The Hall–Kier alpha value is -1.01. The summed E-state index contributed by atoms with van der Waals surface area (Å²) in [6.07, 6.45) is 1.13. The third-order valence-corrected chi connectivity index (χ3v) is 2.75. The molecular weight excluding hydrogens is 204 g/mol. The molecule has 0 saturated carbocycles. The Morgan fingerprint density at radius 3 is 2.47 bits per heavy atom. The molecule has 0 aliphatic heterocycles. The number of hydrogen-bond donors (Lipinski definition) is 0. The predicted molar refractivity (Wildman–Crippen MR) is 67.5 cm³/mol. The lowest BCUT2D eigenvalue weighted by Gasteiger charge is -2.06. The first-order chi connectivity index (χ1) is 7.15. The van der Waals surface area contributed by atoms with Crippen LogP contribution in [-0.2, 0) is 6.42 Å². The van der Waals surface area contributed by atoms with Crippen LogP contribution >= 0.6 is 11.6 Å². The molecule has 0 aliphatic rings. The van der Waals surface area contributed by atoms with E-state index in [9.17, 15) is 0 Å². The van der Waals surface area contributed by atoms with Gasteiger partial charge in [0, 0.05) is 5.02 Å². The molecule has 0 unspecified atom stereocenters. The Labute approximate surface area is 95.9 Å². The van der Waals surface area contributed by atoms with Crippen LogP contribution in [0.5, 0.6) is 0 Å². The summed E-state index contributed by atoms with van der Waals surface area (Å²) in [5.41, 5.74) is 1.39. The SMILES string of the molecule is CC(C)Cc1ccc2ccc(Cl)cc2c1. The van der Waals surface area contributed by atoms with Gasteiger partial charge in [-0.2, -0.15) is 0 Å². The maximum absolute atomic E-state index is 5.98. The van der Waals surface area contributed by atoms with Crippen molar-refractivity contribution in [2.75, 3.05) is 0 Å². The molecule has 2 rings (SSSR count). The highest BCUT2D eigenvalue weighted by atomic mass is 35.5. The van der Waals surface area contributed by atoms with Crippen LogP contribution in [0.25, 0.3) is 10.8 Å². The average Bonchev–Trinajstić information content (AvgIpc) is 2.16. The monoisotopic (exact) mass is 218 g/mol. The molecule has 78 valence electrons. The summed E-state index contributed by atoms with van der Waals surface area (Å²) in [6, 6.07) is 12.6. The Bertz CT molecular complexity index is 472. The molecule has 0 aliphatic carbocycles. The van der Waals surface area contributed by atoms with Gasteiger partial charge in [0.25, 0.3) is 0 Å². The summed E-state index contributed by atoms with van der Waals surface area (Å²) >= 11 is 5.98. The fourth-order valence-electron chi connectivity index (χ4n) is 1.87. The number of rotatable bonds is 2. The van der Waals surface area contributed by atoms with Crippen LogP contribution in [0.15, 0.2) is 36.4 Å². The van der Waals surface area contributed by atoms with Gasteiger partial charge in [0.2, 0.25) is 0 Å². The van der Waals surface area contributed by atoms with Crippen molar-refractivity contribution in [2.24, 2.45) is 5.92 Å². The zero-order valence-corrected chi connectivity index (χ0v) is 9.88. The minimum atomic E-state index is 0.696. The summed E-state index contributed by atoms with van der Waals surface area (Å²) in [6.45, 7) is 4.48. The molecule has 0 radical (unpaired) electrons. The first-order valence-corrected chi connectivity index (χ1v) is 5.71. The maximum atomic E-state index is 5.98. The zero-order valence-electron chi connectivity index (χ0n) is 9.13. The first kappa shape index (κ1) is 10.5. The van der Waals surface area contributed by atoms with E-state index in [2.05, 4.69) is 38.1 Å². The molecule has 0 spiro atoms. The van der Waals surface area contributed by atoms with Crippen molar-refractivity contribution in [3.8, 4) is 0 Å². The molecule has 0 atom stereocenters. The number of halogens is 1. The van der Waals surface area contributed by atoms with Crippen molar-refractivity contribution in [3.63, 3.8) is 0 Å². The Morgan fingerprint density at radius 1 is 1.00 bits per heavy atom. The van der Waals surface area contributed by atoms with Crippen LogP contribution in [0.1, 0.15) is 19.4 Å². The molecule has 15 heavy (non-hydrogen) atoms. The van der Waals surface area contributed by atoms with Gasteiger partial charge in [-0.1, -0.05) is 49.7 Å². The molecule has 0 heterocycles. The van der Waals surface area contributed by atoms with E-state index in [4.69, 9.17) is 11.6 Å². The summed E-state index contributed by atoms with van der Waals surface area (Å²) in [7, 11) is 0. The fourth-order valence-corrected chi connectivity index (χ4v) is 2.05. The number of fused-ring (bicyclic) bond motifs is 1. The highest BCUT2D eigenvalue weighted by Gasteiger charge is 2.00. The predicted octanol–water partition coefficient (Wildman–Crippen LogP) is 4.69. The summed E-state index contributed by atoms with van der Waals surface area (Å²) in [4.78, 5) is 0. The van der Waals surface area contributed by atoms with Gasteiger partial charge in [-0.05, 0) is 40.8 Å². The van der Waals surface area contributed by atoms with E-state index in [0.717, 1.165) is 11.4 Å². The molecule has 0 aromatic heterocycles. The van der Waals surface area contributed by atoms with Crippen molar-refractivity contribution in [3.05, 3.63) is 47.0 Å². The summed E-state index contributed by atoms with van der Waals surface area (Å²) in [5.74, 6) is 0.696. The molecule has 2 aromatic carbocycles. The third kappa shape index (κ3) is 2.51. The lowest BCUT2D eigenvalue weighted by molar-refractivity contribution is 0.648. The van der Waals surface area contributed by atoms with Crippen LogP contribution in [0, 0.1) is 5.92 Å². The molecule has 0 fully saturated rings. The number of hydrogen-bond acceptors (Lipinski definition) is 0. The molecule has 0 saturated heterocycles. The molecule has 1 heteroatoms. The Balaban J connectivity index is 2.45.